The molecular formula is C15H14OS. The van der Waals surface area contributed by atoms with Crippen molar-refractivity contribution in [3.05, 3.63) is 58.7 Å². The molecule has 2 aromatic rings. The molecule has 0 spiro atoms. The van der Waals surface area contributed by atoms with Gasteiger partial charge in [-0.3, -0.25) is 0 Å². The average Bonchev–Trinajstić information content (AvgIpc) is 2.30. The van der Waals surface area contributed by atoms with Gasteiger partial charge in [0.05, 0.1) is 0 Å². The maximum atomic E-state index is 12.6. The van der Waals surface area contributed by atoms with Crippen molar-refractivity contribution in [2.75, 3.05) is 0 Å². The molecule has 0 aliphatic carbocycles. The highest BCUT2D eigenvalue weighted by atomic mass is 32.2. The minimum Gasteiger partial charge on any atom is -0.606 e. The first-order valence-electron chi connectivity index (χ1n) is 5.76. The molecule has 0 N–H and O–H groups in total. The van der Waals surface area contributed by atoms with Crippen LogP contribution in [-0.2, 0) is 17.6 Å². The molecule has 0 radical (unpaired) electrons. The molecule has 0 fully saturated rings. The zero-order valence-corrected chi connectivity index (χ0v) is 10.8. The van der Waals surface area contributed by atoms with E-state index >= 15 is 0 Å². The molecule has 0 bridgehead atoms. The molecule has 1 aliphatic heterocycles. The molecule has 0 saturated heterocycles. The predicted molar refractivity (Wildman–Crippen MR) is 69.8 cm³/mol. The van der Waals surface area contributed by atoms with Gasteiger partial charge < -0.3 is 4.55 Å². The molecule has 1 nitrogen and oxygen atoms in total. The molecule has 1 aliphatic rings. The zero-order chi connectivity index (χ0) is 12.0. The van der Waals surface area contributed by atoms with Crippen LogP contribution in [0.5, 0.6) is 0 Å². The lowest BCUT2D eigenvalue weighted by Crippen LogP contribution is -2.16. The third kappa shape index (κ3) is 1.68. The van der Waals surface area contributed by atoms with Crippen molar-refractivity contribution in [1.82, 2.24) is 0 Å². The maximum absolute atomic E-state index is 12.6. The summed E-state index contributed by atoms with van der Waals surface area (Å²) in [4.78, 5) is 2.01. The van der Waals surface area contributed by atoms with Crippen LogP contribution in [0.4, 0.5) is 0 Å². The number of hydrogen-bond acceptors (Lipinski definition) is 1. The standard InChI is InChI=1S/C15H14OS/c1-10-6-7-12-9-13-5-3-4-11(2)15(13)17(16)14(12)8-10/h3-8H,9H2,1-2H3. The highest BCUT2D eigenvalue weighted by molar-refractivity contribution is 7.91. The van der Waals surface area contributed by atoms with Crippen molar-refractivity contribution in [3.8, 4) is 0 Å². The molecule has 0 aromatic heterocycles. The van der Waals surface area contributed by atoms with Gasteiger partial charge in [0, 0.05) is 34.3 Å². The van der Waals surface area contributed by atoms with Gasteiger partial charge in [-0.1, -0.05) is 30.3 Å². The van der Waals surface area contributed by atoms with Crippen molar-refractivity contribution in [3.63, 3.8) is 0 Å². The highest BCUT2D eigenvalue weighted by Gasteiger charge is 2.29. The third-order valence-electron chi connectivity index (χ3n) is 3.28. The molecule has 2 heteroatoms. The van der Waals surface area contributed by atoms with Crippen LogP contribution in [0, 0.1) is 13.8 Å². The van der Waals surface area contributed by atoms with E-state index in [1.54, 1.807) is 0 Å². The van der Waals surface area contributed by atoms with Gasteiger partial charge in [-0.2, -0.15) is 0 Å². The lowest BCUT2D eigenvalue weighted by Gasteiger charge is -2.23. The normalized spacial score (nSPS) is 17.5. The summed E-state index contributed by atoms with van der Waals surface area (Å²) in [7, 11) is 0. The fraction of sp³-hybridized carbons (Fsp3) is 0.200. The largest absolute Gasteiger partial charge is 0.606 e. The molecule has 0 amide bonds. The van der Waals surface area contributed by atoms with Crippen molar-refractivity contribution in [1.29, 1.82) is 0 Å². The fourth-order valence-electron chi connectivity index (χ4n) is 2.41. The number of fused-ring (bicyclic) bond motifs is 2. The third-order valence-corrected chi connectivity index (χ3v) is 5.02. The van der Waals surface area contributed by atoms with Gasteiger partial charge in [-0.15, -0.1) is 0 Å². The van der Waals surface area contributed by atoms with Crippen LogP contribution < -0.4 is 0 Å². The maximum Gasteiger partial charge on any atom is 0.164 e. The Bertz CT molecular complexity index is 589. The fourth-order valence-corrected chi connectivity index (χ4v) is 4.04. The van der Waals surface area contributed by atoms with Crippen molar-refractivity contribution in [2.45, 2.75) is 30.1 Å². The van der Waals surface area contributed by atoms with E-state index in [4.69, 9.17) is 0 Å². The number of aryl methyl sites for hydroxylation is 2. The summed E-state index contributed by atoms with van der Waals surface area (Å²) in [5.41, 5.74) is 4.72. The Kier molecular flexibility index (Phi) is 2.49. The second-order valence-corrected chi connectivity index (χ2v) is 6.01. The second kappa shape index (κ2) is 3.90. The van der Waals surface area contributed by atoms with Crippen LogP contribution in [0.3, 0.4) is 0 Å². The van der Waals surface area contributed by atoms with E-state index in [0.29, 0.717) is 0 Å². The Hall–Kier alpha value is -1.25. The smallest absolute Gasteiger partial charge is 0.164 e. The average molecular weight is 242 g/mol. The summed E-state index contributed by atoms with van der Waals surface area (Å²) in [6.07, 6.45) is 0.901. The Morgan fingerprint density at radius 2 is 1.88 bits per heavy atom. The highest BCUT2D eigenvalue weighted by Crippen LogP contribution is 2.36. The quantitative estimate of drug-likeness (QED) is 0.649. The number of hydrogen-bond donors (Lipinski definition) is 0. The topological polar surface area (TPSA) is 23.1 Å². The van der Waals surface area contributed by atoms with E-state index in [1.807, 2.05) is 26.0 Å². The summed E-state index contributed by atoms with van der Waals surface area (Å²) in [6.45, 7) is 4.09. The van der Waals surface area contributed by atoms with E-state index in [9.17, 15) is 4.55 Å². The van der Waals surface area contributed by atoms with Crippen LogP contribution in [0.1, 0.15) is 22.3 Å². The SMILES string of the molecule is Cc1ccc2c(c1)[S+]([O-])c1c(C)cccc1C2. The Morgan fingerprint density at radius 3 is 2.71 bits per heavy atom. The summed E-state index contributed by atoms with van der Waals surface area (Å²) in [6, 6.07) is 12.4. The van der Waals surface area contributed by atoms with Crippen molar-refractivity contribution in [2.24, 2.45) is 0 Å². The van der Waals surface area contributed by atoms with Gasteiger partial charge in [0.15, 0.2) is 9.79 Å². The summed E-state index contributed by atoms with van der Waals surface area (Å²) in [5.74, 6) is 0. The minimum absolute atomic E-state index is 0.901. The van der Waals surface area contributed by atoms with Crippen LogP contribution in [0.2, 0.25) is 0 Å². The zero-order valence-electron chi connectivity index (χ0n) is 9.99. The van der Waals surface area contributed by atoms with Gasteiger partial charge >= 0.3 is 0 Å². The van der Waals surface area contributed by atoms with E-state index in [2.05, 4.69) is 24.3 Å². The van der Waals surface area contributed by atoms with Gasteiger partial charge in [0.2, 0.25) is 0 Å². The summed E-state index contributed by atoms with van der Waals surface area (Å²) < 4.78 is 12.6. The van der Waals surface area contributed by atoms with Crippen LogP contribution in [0.15, 0.2) is 46.2 Å². The first kappa shape index (κ1) is 10.9. The van der Waals surface area contributed by atoms with Crippen molar-refractivity contribution < 1.29 is 4.55 Å². The number of rotatable bonds is 0. The molecule has 1 unspecified atom stereocenters. The molecule has 2 aromatic carbocycles. The summed E-state index contributed by atoms with van der Waals surface area (Å²) >= 11 is -1.01. The Balaban J connectivity index is 2.22. The molecule has 17 heavy (non-hydrogen) atoms. The lowest BCUT2D eigenvalue weighted by molar-refractivity contribution is 0.589. The number of benzene rings is 2. The van der Waals surface area contributed by atoms with Crippen LogP contribution >= 0.6 is 0 Å². The van der Waals surface area contributed by atoms with E-state index < -0.39 is 11.2 Å². The van der Waals surface area contributed by atoms with Gasteiger partial charge in [0.1, 0.15) is 0 Å². The molecule has 1 heterocycles. The molecule has 0 saturated carbocycles. The molecule has 3 rings (SSSR count). The second-order valence-electron chi connectivity index (χ2n) is 4.62. The van der Waals surface area contributed by atoms with Gasteiger partial charge in [-0.25, -0.2) is 0 Å². The summed E-state index contributed by atoms with van der Waals surface area (Å²) in [5, 5.41) is 0. The Morgan fingerprint density at radius 1 is 1.06 bits per heavy atom. The van der Waals surface area contributed by atoms with E-state index in [0.717, 1.165) is 21.8 Å². The van der Waals surface area contributed by atoms with E-state index in [-0.39, 0.29) is 0 Å². The monoisotopic (exact) mass is 242 g/mol. The first-order chi connectivity index (χ1) is 8.16. The lowest BCUT2D eigenvalue weighted by atomic mass is 10.0. The van der Waals surface area contributed by atoms with Gasteiger partial charge in [-0.05, 0) is 25.5 Å². The van der Waals surface area contributed by atoms with Gasteiger partial charge in [0.25, 0.3) is 0 Å². The molecule has 86 valence electrons. The predicted octanol–water partition coefficient (Wildman–Crippen LogP) is 3.37. The minimum atomic E-state index is -1.01. The van der Waals surface area contributed by atoms with E-state index in [1.165, 1.54) is 16.7 Å². The first-order valence-corrected chi connectivity index (χ1v) is 6.91. The van der Waals surface area contributed by atoms with Crippen molar-refractivity contribution >= 4 is 11.2 Å². The molecule has 1 atom stereocenters. The van der Waals surface area contributed by atoms with Crippen LogP contribution in [0.25, 0.3) is 0 Å². The van der Waals surface area contributed by atoms with Crippen LogP contribution in [-0.4, -0.2) is 4.55 Å². The Labute approximate surface area is 105 Å². The molecular weight excluding hydrogens is 228 g/mol.